The second kappa shape index (κ2) is 8.44. The number of ether oxygens (including phenoxy) is 1. The average Bonchev–Trinajstić information content (AvgIpc) is 2.46. The molecular weight excluding hydrogens is 296 g/mol. The number of benzene rings is 1. The van der Waals surface area contributed by atoms with E-state index in [2.05, 4.69) is 63.3 Å². The van der Waals surface area contributed by atoms with E-state index in [-0.39, 0.29) is 5.97 Å². The molecule has 1 aromatic rings. The molecule has 0 saturated carbocycles. The van der Waals surface area contributed by atoms with E-state index in [0.717, 1.165) is 5.75 Å². The van der Waals surface area contributed by atoms with Crippen LogP contribution in [0.25, 0.3) is 0 Å². The van der Waals surface area contributed by atoms with E-state index in [1.54, 1.807) is 0 Å². The first-order valence-corrected chi connectivity index (χ1v) is 11.3. The molecule has 0 heterocycles. The van der Waals surface area contributed by atoms with E-state index < -0.39 is 8.07 Å². The second-order valence-electron chi connectivity index (χ2n) is 5.94. The van der Waals surface area contributed by atoms with Crippen LogP contribution < -0.4 is 5.19 Å². The third-order valence-corrected chi connectivity index (χ3v) is 9.38. The van der Waals surface area contributed by atoms with Crippen molar-refractivity contribution in [1.29, 1.82) is 0 Å². The Morgan fingerprint density at radius 1 is 1.29 bits per heavy atom. The molecule has 0 fully saturated rings. The van der Waals surface area contributed by atoms with Crippen LogP contribution in [0.5, 0.6) is 0 Å². The fraction of sp³-hybridized carbons (Fsp3) is 0.471. The first-order valence-electron chi connectivity index (χ1n) is 7.35. The number of allylic oxidation sites excluding steroid dienone is 1. The summed E-state index contributed by atoms with van der Waals surface area (Å²) in [6.07, 6.45) is 2.83. The molecule has 0 bridgehead atoms. The Balaban J connectivity index is 2.89. The van der Waals surface area contributed by atoms with Gasteiger partial charge in [0.25, 0.3) is 0 Å². The minimum Gasteiger partial charge on any atom is -0.469 e. The lowest BCUT2D eigenvalue weighted by atomic mass is 10.2. The van der Waals surface area contributed by atoms with Crippen LogP contribution in [-0.2, 0) is 9.53 Å². The number of thioether (sulfide) groups is 1. The predicted octanol–water partition coefficient (Wildman–Crippen LogP) is 3.98. The molecule has 4 heteroatoms. The van der Waals surface area contributed by atoms with Crippen LogP contribution in [0.4, 0.5) is 0 Å². The number of rotatable bonds is 7. The van der Waals surface area contributed by atoms with E-state index in [1.165, 1.54) is 16.8 Å². The van der Waals surface area contributed by atoms with Crippen LogP contribution in [0.15, 0.2) is 40.9 Å². The van der Waals surface area contributed by atoms with Crippen LogP contribution in [0, 0.1) is 5.92 Å². The molecule has 0 atom stereocenters. The lowest BCUT2D eigenvalue weighted by Crippen LogP contribution is -2.43. The van der Waals surface area contributed by atoms with Crippen LogP contribution in [-0.4, -0.2) is 26.9 Å². The Morgan fingerprint density at radius 2 is 1.90 bits per heavy atom. The summed E-state index contributed by atoms with van der Waals surface area (Å²) in [4.78, 5) is 11.3. The van der Waals surface area contributed by atoms with Gasteiger partial charge in [0.15, 0.2) is 0 Å². The van der Waals surface area contributed by atoms with Gasteiger partial charge in [0.1, 0.15) is 8.07 Å². The van der Waals surface area contributed by atoms with Gasteiger partial charge in [0.2, 0.25) is 0 Å². The molecular formula is C17H26O2SSi. The summed E-state index contributed by atoms with van der Waals surface area (Å²) in [5, 5.41) is 1.43. The van der Waals surface area contributed by atoms with Gasteiger partial charge in [-0.2, -0.15) is 0 Å². The van der Waals surface area contributed by atoms with E-state index in [0.29, 0.717) is 12.3 Å². The predicted molar refractivity (Wildman–Crippen MR) is 95.6 cm³/mol. The molecule has 0 radical (unpaired) electrons. The summed E-state index contributed by atoms with van der Waals surface area (Å²) in [5.74, 6) is 1.17. The van der Waals surface area contributed by atoms with E-state index in [9.17, 15) is 4.79 Å². The molecule has 0 N–H and O–H groups in total. The lowest BCUT2D eigenvalue weighted by molar-refractivity contribution is -0.140. The Morgan fingerprint density at radius 3 is 2.43 bits per heavy atom. The zero-order chi connectivity index (χ0) is 15.9. The van der Waals surface area contributed by atoms with Crippen molar-refractivity contribution >= 4 is 31.0 Å². The first kappa shape index (κ1) is 18.0. The topological polar surface area (TPSA) is 26.3 Å². The first-order chi connectivity index (χ1) is 9.87. The van der Waals surface area contributed by atoms with Crippen LogP contribution in [0.3, 0.4) is 0 Å². The summed E-state index contributed by atoms with van der Waals surface area (Å²) in [5.41, 5.74) is 0. The van der Waals surface area contributed by atoms with Gasteiger partial charge in [0, 0.05) is 5.75 Å². The maximum Gasteiger partial charge on any atom is 0.306 e. The van der Waals surface area contributed by atoms with E-state index in [4.69, 9.17) is 4.74 Å². The van der Waals surface area contributed by atoms with Crippen molar-refractivity contribution in [2.45, 2.75) is 33.4 Å². The van der Waals surface area contributed by atoms with Crippen LogP contribution in [0.2, 0.25) is 13.1 Å². The number of carbonyl (C=O) groups excluding carboxylic acids is 1. The number of hydrogen-bond donors (Lipinski definition) is 0. The standard InChI is InChI=1S/C17H26O2SSi/c1-14(2)13-17(20-12-11-16(18)19-3)21(4,5)15-9-7-6-8-10-15/h6-10,13-14H,11-12H2,1-5H3/b17-13+. The minimum atomic E-state index is -1.68. The summed E-state index contributed by atoms with van der Waals surface area (Å²) >= 11 is 1.82. The Kier molecular flexibility index (Phi) is 7.25. The lowest BCUT2D eigenvalue weighted by Gasteiger charge is -2.27. The third kappa shape index (κ3) is 5.71. The highest BCUT2D eigenvalue weighted by molar-refractivity contribution is 8.05. The summed E-state index contributed by atoms with van der Waals surface area (Å²) in [6.45, 7) is 9.16. The molecule has 0 unspecified atom stereocenters. The van der Waals surface area contributed by atoms with Crippen molar-refractivity contribution in [3.63, 3.8) is 0 Å². The van der Waals surface area contributed by atoms with Gasteiger partial charge in [0.05, 0.1) is 13.5 Å². The molecule has 0 aromatic heterocycles. The molecule has 1 aromatic carbocycles. The zero-order valence-electron chi connectivity index (χ0n) is 13.7. The summed E-state index contributed by atoms with van der Waals surface area (Å²) < 4.78 is 6.17. The highest BCUT2D eigenvalue weighted by Crippen LogP contribution is 2.29. The van der Waals surface area contributed by atoms with Crippen molar-refractivity contribution in [2.75, 3.05) is 12.9 Å². The van der Waals surface area contributed by atoms with E-state index in [1.807, 2.05) is 11.8 Å². The Labute approximate surface area is 134 Å². The molecule has 2 nitrogen and oxygen atoms in total. The Hall–Kier alpha value is -1.00. The van der Waals surface area contributed by atoms with Crippen molar-refractivity contribution < 1.29 is 9.53 Å². The Bertz CT molecular complexity index is 481. The van der Waals surface area contributed by atoms with Crippen molar-refractivity contribution in [3.8, 4) is 0 Å². The third-order valence-electron chi connectivity index (χ3n) is 3.39. The molecule has 0 saturated heterocycles. The van der Waals surface area contributed by atoms with Gasteiger partial charge in [-0.25, -0.2) is 0 Å². The van der Waals surface area contributed by atoms with E-state index >= 15 is 0 Å². The maximum absolute atomic E-state index is 11.3. The van der Waals surface area contributed by atoms with Gasteiger partial charge in [-0.15, -0.1) is 11.8 Å². The zero-order valence-corrected chi connectivity index (χ0v) is 15.5. The molecule has 1 rings (SSSR count). The SMILES string of the molecule is COC(=O)CCS/C(=C\C(C)C)[Si](C)(C)c1ccccc1. The fourth-order valence-corrected chi connectivity index (χ4v) is 7.10. The molecule has 0 spiro atoms. The minimum absolute atomic E-state index is 0.134. The second-order valence-corrected chi connectivity index (χ2v) is 11.8. The monoisotopic (exact) mass is 322 g/mol. The average molecular weight is 323 g/mol. The molecule has 0 aliphatic carbocycles. The van der Waals surface area contributed by atoms with Crippen molar-refractivity contribution in [2.24, 2.45) is 5.92 Å². The van der Waals surface area contributed by atoms with Crippen LogP contribution >= 0.6 is 11.8 Å². The van der Waals surface area contributed by atoms with Gasteiger partial charge >= 0.3 is 5.97 Å². The molecule has 21 heavy (non-hydrogen) atoms. The molecule has 116 valence electrons. The molecule has 0 aliphatic rings. The highest BCUT2D eigenvalue weighted by atomic mass is 32.2. The number of esters is 1. The number of methoxy groups -OCH3 is 1. The highest BCUT2D eigenvalue weighted by Gasteiger charge is 2.28. The van der Waals surface area contributed by atoms with Gasteiger partial charge in [-0.05, 0) is 10.4 Å². The van der Waals surface area contributed by atoms with Crippen LogP contribution in [0.1, 0.15) is 20.3 Å². The summed E-state index contributed by atoms with van der Waals surface area (Å²) in [6, 6.07) is 10.7. The van der Waals surface area contributed by atoms with Gasteiger partial charge in [-0.3, -0.25) is 4.79 Å². The normalized spacial score (nSPS) is 12.6. The smallest absolute Gasteiger partial charge is 0.306 e. The summed E-state index contributed by atoms with van der Waals surface area (Å²) in [7, 11) is -0.237. The number of hydrogen-bond acceptors (Lipinski definition) is 3. The van der Waals surface area contributed by atoms with Crippen molar-refractivity contribution in [1.82, 2.24) is 0 Å². The number of carbonyl (C=O) groups is 1. The van der Waals surface area contributed by atoms with Gasteiger partial charge in [-0.1, -0.05) is 68.5 Å². The molecule has 0 aliphatic heterocycles. The largest absolute Gasteiger partial charge is 0.469 e. The van der Waals surface area contributed by atoms with Crippen molar-refractivity contribution in [3.05, 3.63) is 40.9 Å². The maximum atomic E-state index is 11.3. The molecule has 0 amide bonds. The van der Waals surface area contributed by atoms with Gasteiger partial charge < -0.3 is 4.74 Å². The quantitative estimate of drug-likeness (QED) is 0.561. The fourth-order valence-electron chi connectivity index (χ4n) is 2.08.